The van der Waals surface area contributed by atoms with Gasteiger partial charge >= 0.3 is 5.97 Å². The van der Waals surface area contributed by atoms with Gasteiger partial charge < -0.3 is 10.1 Å². The second-order valence-corrected chi connectivity index (χ2v) is 4.78. The highest BCUT2D eigenvalue weighted by Crippen LogP contribution is 2.36. The number of methoxy groups -OCH3 is 1. The highest BCUT2D eigenvalue weighted by molar-refractivity contribution is 9.11. The quantitative estimate of drug-likeness (QED) is 0.834. The standard InChI is InChI=1S/C8H10BrNO2S/c1-4-5(10-2)6(8(11)12-3)13-7(4)9/h10H,1-3H3. The van der Waals surface area contributed by atoms with E-state index in [1.807, 2.05) is 6.92 Å². The average Bonchev–Trinajstić information content (AvgIpc) is 2.42. The summed E-state index contributed by atoms with van der Waals surface area (Å²) < 4.78 is 5.61. The second-order valence-electron chi connectivity index (χ2n) is 2.45. The molecule has 1 heterocycles. The van der Waals surface area contributed by atoms with Crippen molar-refractivity contribution in [2.24, 2.45) is 0 Å². The Kier molecular flexibility index (Phi) is 3.33. The number of rotatable bonds is 2. The van der Waals surface area contributed by atoms with Crippen LogP contribution in [-0.4, -0.2) is 20.1 Å². The molecule has 0 aromatic carbocycles. The molecule has 3 nitrogen and oxygen atoms in total. The van der Waals surface area contributed by atoms with E-state index in [4.69, 9.17) is 0 Å². The van der Waals surface area contributed by atoms with Crippen molar-refractivity contribution in [1.29, 1.82) is 0 Å². The van der Waals surface area contributed by atoms with Gasteiger partial charge in [-0.2, -0.15) is 0 Å². The fourth-order valence-electron chi connectivity index (χ4n) is 1.02. The molecule has 0 spiro atoms. The summed E-state index contributed by atoms with van der Waals surface area (Å²) in [5.41, 5.74) is 1.87. The summed E-state index contributed by atoms with van der Waals surface area (Å²) in [4.78, 5) is 11.9. The van der Waals surface area contributed by atoms with Crippen molar-refractivity contribution in [2.75, 3.05) is 19.5 Å². The first-order valence-electron chi connectivity index (χ1n) is 3.66. The molecule has 0 aliphatic rings. The Balaban J connectivity index is 3.21. The topological polar surface area (TPSA) is 38.3 Å². The number of thiophene rings is 1. The molecule has 0 aliphatic carbocycles. The van der Waals surface area contributed by atoms with E-state index >= 15 is 0 Å². The van der Waals surface area contributed by atoms with Crippen molar-refractivity contribution in [3.05, 3.63) is 14.2 Å². The molecule has 0 saturated heterocycles. The zero-order valence-corrected chi connectivity index (χ0v) is 10.0. The summed E-state index contributed by atoms with van der Waals surface area (Å²) in [6, 6.07) is 0. The van der Waals surface area contributed by atoms with Crippen LogP contribution in [0.25, 0.3) is 0 Å². The van der Waals surface area contributed by atoms with Crippen molar-refractivity contribution in [2.45, 2.75) is 6.92 Å². The van der Waals surface area contributed by atoms with Crippen molar-refractivity contribution in [3.63, 3.8) is 0 Å². The molecule has 5 heteroatoms. The third-order valence-corrected chi connectivity index (χ3v) is 3.85. The fourth-order valence-corrected chi connectivity index (χ4v) is 2.67. The molecule has 0 radical (unpaired) electrons. The highest BCUT2D eigenvalue weighted by atomic mass is 79.9. The van der Waals surface area contributed by atoms with Crippen LogP contribution in [0.3, 0.4) is 0 Å². The van der Waals surface area contributed by atoms with E-state index in [2.05, 4.69) is 26.0 Å². The molecule has 1 aromatic rings. The number of hydrogen-bond donors (Lipinski definition) is 1. The maximum Gasteiger partial charge on any atom is 0.350 e. The Morgan fingerprint density at radius 3 is 2.69 bits per heavy atom. The van der Waals surface area contributed by atoms with Crippen molar-refractivity contribution < 1.29 is 9.53 Å². The van der Waals surface area contributed by atoms with E-state index in [1.54, 1.807) is 7.05 Å². The molecule has 0 amide bonds. The number of halogens is 1. The van der Waals surface area contributed by atoms with Gasteiger partial charge in [0, 0.05) is 7.05 Å². The number of carbonyl (C=O) groups excluding carboxylic acids is 1. The number of nitrogens with one attached hydrogen (secondary N) is 1. The molecule has 1 aromatic heterocycles. The van der Waals surface area contributed by atoms with Crippen LogP contribution in [0.15, 0.2) is 3.79 Å². The molecule has 1 rings (SSSR count). The maximum absolute atomic E-state index is 11.3. The lowest BCUT2D eigenvalue weighted by atomic mass is 10.3. The number of esters is 1. The summed E-state index contributed by atoms with van der Waals surface area (Å²) in [5.74, 6) is -0.303. The van der Waals surface area contributed by atoms with Crippen LogP contribution in [0.1, 0.15) is 15.2 Å². The van der Waals surface area contributed by atoms with Gasteiger partial charge in [-0.3, -0.25) is 0 Å². The van der Waals surface area contributed by atoms with Gasteiger partial charge in [0.15, 0.2) is 0 Å². The lowest BCUT2D eigenvalue weighted by Crippen LogP contribution is -2.02. The normalized spacial score (nSPS) is 9.85. The molecule has 0 fully saturated rings. The van der Waals surface area contributed by atoms with E-state index in [-0.39, 0.29) is 5.97 Å². The number of anilines is 1. The molecular formula is C8H10BrNO2S. The van der Waals surface area contributed by atoms with Gasteiger partial charge in [-0.25, -0.2) is 4.79 Å². The minimum atomic E-state index is -0.303. The number of ether oxygens (including phenoxy) is 1. The van der Waals surface area contributed by atoms with Crippen LogP contribution >= 0.6 is 27.3 Å². The van der Waals surface area contributed by atoms with E-state index in [0.29, 0.717) is 4.88 Å². The summed E-state index contributed by atoms with van der Waals surface area (Å²) in [5, 5.41) is 2.98. The van der Waals surface area contributed by atoms with E-state index in [9.17, 15) is 4.79 Å². The van der Waals surface area contributed by atoms with Gasteiger partial charge in [0.2, 0.25) is 0 Å². The highest BCUT2D eigenvalue weighted by Gasteiger charge is 2.18. The summed E-state index contributed by atoms with van der Waals surface area (Å²) in [7, 11) is 3.17. The number of carbonyl (C=O) groups is 1. The molecule has 13 heavy (non-hydrogen) atoms. The van der Waals surface area contributed by atoms with E-state index < -0.39 is 0 Å². The van der Waals surface area contributed by atoms with Crippen LogP contribution < -0.4 is 5.32 Å². The van der Waals surface area contributed by atoms with E-state index in [1.165, 1.54) is 18.4 Å². The molecule has 0 unspecified atom stereocenters. The van der Waals surface area contributed by atoms with Crippen LogP contribution in [0, 0.1) is 6.92 Å². The first kappa shape index (κ1) is 10.5. The Morgan fingerprint density at radius 1 is 1.62 bits per heavy atom. The Labute approximate surface area is 89.2 Å². The SMILES string of the molecule is CNc1c(C(=O)OC)sc(Br)c1C. The van der Waals surface area contributed by atoms with Crippen molar-refractivity contribution in [1.82, 2.24) is 0 Å². The molecule has 1 N–H and O–H groups in total. The van der Waals surface area contributed by atoms with Crippen molar-refractivity contribution in [3.8, 4) is 0 Å². The van der Waals surface area contributed by atoms with Gasteiger partial charge in [0.1, 0.15) is 4.88 Å². The van der Waals surface area contributed by atoms with Gasteiger partial charge in [-0.1, -0.05) is 0 Å². The third-order valence-electron chi connectivity index (χ3n) is 1.71. The van der Waals surface area contributed by atoms with Gasteiger partial charge in [-0.15, -0.1) is 11.3 Å². The average molecular weight is 264 g/mol. The lowest BCUT2D eigenvalue weighted by molar-refractivity contribution is 0.0607. The van der Waals surface area contributed by atoms with Gasteiger partial charge in [-0.05, 0) is 28.4 Å². The van der Waals surface area contributed by atoms with Gasteiger partial charge in [0.25, 0.3) is 0 Å². The third kappa shape index (κ3) is 1.86. The van der Waals surface area contributed by atoms with Crippen molar-refractivity contribution >= 4 is 38.9 Å². The monoisotopic (exact) mass is 263 g/mol. The predicted molar refractivity (Wildman–Crippen MR) is 57.6 cm³/mol. The van der Waals surface area contributed by atoms with Crippen LogP contribution in [-0.2, 0) is 4.74 Å². The molecule has 0 aliphatic heterocycles. The minimum Gasteiger partial charge on any atom is -0.465 e. The summed E-state index contributed by atoms with van der Waals surface area (Å²) >= 11 is 4.75. The minimum absolute atomic E-state index is 0.303. The summed E-state index contributed by atoms with van der Waals surface area (Å²) in [6.07, 6.45) is 0. The molecule has 0 atom stereocenters. The maximum atomic E-state index is 11.3. The molecule has 0 bridgehead atoms. The van der Waals surface area contributed by atoms with Crippen LogP contribution in [0.2, 0.25) is 0 Å². The number of hydrogen-bond acceptors (Lipinski definition) is 4. The fraction of sp³-hybridized carbons (Fsp3) is 0.375. The van der Waals surface area contributed by atoms with E-state index in [0.717, 1.165) is 15.0 Å². The molecule has 72 valence electrons. The lowest BCUT2D eigenvalue weighted by Gasteiger charge is -2.01. The predicted octanol–water partition coefficient (Wildman–Crippen LogP) is 2.65. The Morgan fingerprint density at radius 2 is 2.23 bits per heavy atom. The summed E-state index contributed by atoms with van der Waals surface area (Å²) in [6.45, 7) is 1.94. The van der Waals surface area contributed by atoms with Crippen LogP contribution in [0.5, 0.6) is 0 Å². The smallest absolute Gasteiger partial charge is 0.350 e. The zero-order chi connectivity index (χ0) is 10.0. The first-order chi connectivity index (χ1) is 6.11. The van der Waals surface area contributed by atoms with Gasteiger partial charge in [0.05, 0.1) is 16.6 Å². The molecule has 0 saturated carbocycles. The Hall–Kier alpha value is -0.550. The largest absolute Gasteiger partial charge is 0.465 e. The second kappa shape index (κ2) is 4.11. The molecular weight excluding hydrogens is 254 g/mol. The first-order valence-corrected chi connectivity index (χ1v) is 5.27. The Bertz CT molecular complexity index is 335. The zero-order valence-electron chi connectivity index (χ0n) is 7.60. The van der Waals surface area contributed by atoms with Crippen LogP contribution in [0.4, 0.5) is 5.69 Å².